The maximum absolute atomic E-state index is 4.14. The van der Waals surface area contributed by atoms with Crippen LogP contribution in [-0.4, -0.2) is 12.8 Å². The highest BCUT2D eigenvalue weighted by Crippen LogP contribution is 1.84. The summed E-state index contributed by atoms with van der Waals surface area (Å²) in [4.78, 5) is 4.14. The highest BCUT2D eigenvalue weighted by Gasteiger charge is 1.74. The molecule has 0 saturated heterocycles. The molecule has 0 heterocycles. The Hall–Kier alpha value is -0.590. The molecule has 0 aliphatic rings. The van der Waals surface area contributed by atoms with E-state index in [4.69, 9.17) is 0 Å². The van der Waals surface area contributed by atoms with Gasteiger partial charge in [0.25, 0.3) is 0 Å². The van der Waals surface area contributed by atoms with Crippen LogP contribution in [0.1, 0.15) is 26.7 Å². The molecule has 0 aliphatic heterocycles. The predicted molar refractivity (Wildman–Crippen MR) is 43.1 cm³/mol. The molecule has 0 spiro atoms. The molecule has 1 nitrogen and oxygen atoms in total. The Morgan fingerprint density at radius 3 is 2.78 bits per heavy atom. The highest BCUT2D eigenvalue weighted by molar-refractivity contribution is 5.70. The number of hydrogen-bond donors (Lipinski definition) is 0. The van der Waals surface area contributed by atoms with Crippen molar-refractivity contribution >= 4 is 6.21 Å². The minimum atomic E-state index is 0.973. The molecule has 0 radical (unpaired) electrons. The topological polar surface area (TPSA) is 12.4 Å². The second-order valence-corrected chi connectivity index (χ2v) is 1.93. The van der Waals surface area contributed by atoms with Gasteiger partial charge in [-0.1, -0.05) is 19.4 Å². The summed E-state index contributed by atoms with van der Waals surface area (Å²) in [5.41, 5.74) is 0. The number of allylic oxidation sites excluding steroid dienone is 2. The third-order valence-corrected chi connectivity index (χ3v) is 1.02. The first-order valence-corrected chi connectivity index (χ1v) is 3.53. The minimum absolute atomic E-state index is 0.973. The lowest BCUT2D eigenvalue weighted by Crippen LogP contribution is -1.77. The van der Waals surface area contributed by atoms with Gasteiger partial charge in [-0.25, -0.2) is 0 Å². The van der Waals surface area contributed by atoms with E-state index < -0.39 is 0 Å². The molecule has 0 unspecified atom stereocenters. The number of aliphatic imine (C=N–C) groups is 1. The zero-order valence-corrected chi connectivity index (χ0v) is 6.30. The van der Waals surface area contributed by atoms with Gasteiger partial charge in [-0.3, -0.25) is 4.99 Å². The normalized spacial score (nSPS) is 11.8. The van der Waals surface area contributed by atoms with E-state index in [-0.39, 0.29) is 0 Å². The van der Waals surface area contributed by atoms with Crippen molar-refractivity contribution in [3.8, 4) is 0 Å². The summed E-state index contributed by atoms with van der Waals surface area (Å²) in [6, 6.07) is 0. The van der Waals surface area contributed by atoms with Crippen molar-refractivity contribution < 1.29 is 0 Å². The van der Waals surface area contributed by atoms with Crippen molar-refractivity contribution in [2.24, 2.45) is 4.99 Å². The summed E-state index contributed by atoms with van der Waals surface area (Å²) in [6.45, 7) is 5.14. The summed E-state index contributed by atoms with van der Waals surface area (Å²) >= 11 is 0. The molecule has 0 bridgehead atoms. The molecule has 0 saturated carbocycles. The molecular formula is C8H15N. The van der Waals surface area contributed by atoms with Crippen LogP contribution >= 0.6 is 0 Å². The van der Waals surface area contributed by atoms with Crippen LogP contribution in [0, 0.1) is 0 Å². The Bertz CT molecular complexity index is 92.7. The van der Waals surface area contributed by atoms with Gasteiger partial charge in [0.2, 0.25) is 0 Å². The molecular weight excluding hydrogens is 110 g/mol. The average molecular weight is 125 g/mol. The van der Waals surface area contributed by atoms with Gasteiger partial charge in [-0.05, 0) is 19.4 Å². The zero-order chi connectivity index (χ0) is 6.95. The molecule has 0 aromatic carbocycles. The average Bonchev–Trinajstić information content (AvgIpc) is 1.89. The Kier molecular flexibility index (Phi) is 6.92. The second-order valence-electron chi connectivity index (χ2n) is 1.93. The molecule has 0 fully saturated rings. The first-order valence-electron chi connectivity index (χ1n) is 3.53. The van der Waals surface area contributed by atoms with Gasteiger partial charge >= 0.3 is 0 Å². The Morgan fingerprint density at radius 1 is 1.44 bits per heavy atom. The summed E-state index contributed by atoms with van der Waals surface area (Å²) in [6.07, 6.45) is 8.22. The minimum Gasteiger partial charge on any atom is -0.293 e. The molecule has 0 aromatic rings. The maximum atomic E-state index is 4.14. The third kappa shape index (κ3) is 7.41. The third-order valence-electron chi connectivity index (χ3n) is 1.02. The lowest BCUT2D eigenvalue weighted by atomic mass is 10.3. The van der Waals surface area contributed by atoms with Crippen LogP contribution in [-0.2, 0) is 0 Å². The van der Waals surface area contributed by atoms with Gasteiger partial charge in [0.15, 0.2) is 0 Å². The first-order chi connectivity index (χ1) is 4.41. The van der Waals surface area contributed by atoms with Crippen molar-refractivity contribution in [2.45, 2.75) is 26.7 Å². The number of nitrogens with zero attached hydrogens (tertiary/aromatic N) is 1. The fourth-order valence-corrected chi connectivity index (χ4v) is 0.471. The van der Waals surface area contributed by atoms with E-state index in [1.807, 2.05) is 25.3 Å². The van der Waals surface area contributed by atoms with E-state index in [1.54, 1.807) is 0 Å². The van der Waals surface area contributed by atoms with Crippen molar-refractivity contribution in [2.75, 3.05) is 6.54 Å². The first kappa shape index (κ1) is 8.41. The number of hydrogen-bond acceptors (Lipinski definition) is 1. The van der Waals surface area contributed by atoms with Gasteiger partial charge in [-0.15, -0.1) is 0 Å². The largest absolute Gasteiger partial charge is 0.293 e. The van der Waals surface area contributed by atoms with Crippen molar-refractivity contribution in [3.05, 3.63) is 12.2 Å². The van der Waals surface area contributed by atoms with Crippen molar-refractivity contribution in [1.82, 2.24) is 0 Å². The number of unbranched alkanes of at least 4 members (excludes halogenated alkanes) is 1. The SMILES string of the molecule is CC=CC=NCCCC. The summed E-state index contributed by atoms with van der Waals surface area (Å²) in [7, 11) is 0. The van der Waals surface area contributed by atoms with Gasteiger partial charge in [0.1, 0.15) is 0 Å². The molecule has 52 valence electrons. The monoisotopic (exact) mass is 125 g/mol. The van der Waals surface area contributed by atoms with Gasteiger partial charge in [0, 0.05) is 12.8 Å². The van der Waals surface area contributed by atoms with Gasteiger partial charge in [-0.2, -0.15) is 0 Å². The Balaban J connectivity index is 3.04. The summed E-state index contributed by atoms with van der Waals surface area (Å²) in [5.74, 6) is 0. The fraction of sp³-hybridized carbons (Fsp3) is 0.625. The predicted octanol–water partition coefficient (Wildman–Crippen LogP) is 2.43. The van der Waals surface area contributed by atoms with Gasteiger partial charge in [0.05, 0.1) is 0 Å². The van der Waals surface area contributed by atoms with Crippen LogP contribution in [0.5, 0.6) is 0 Å². The number of rotatable bonds is 4. The Labute approximate surface area is 57.5 Å². The molecule has 1 heteroatoms. The molecule has 0 aliphatic carbocycles. The molecule has 0 aromatic heterocycles. The van der Waals surface area contributed by atoms with Crippen molar-refractivity contribution in [1.29, 1.82) is 0 Å². The highest BCUT2D eigenvalue weighted by atomic mass is 14.7. The van der Waals surface area contributed by atoms with Crippen molar-refractivity contribution in [3.63, 3.8) is 0 Å². The van der Waals surface area contributed by atoms with Crippen LogP contribution in [0.2, 0.25) is 0 Å². The zero-order valence-electron chi connectivity index (χ0n) is 6.30. The molecule has 0 rings (SSSR count). The lowest BCUT2D eigenvalue weighted by Gasteiger charge is -1.85. The lowest BCUT2D eigenvalue weighted by molar-refractivity contribution is 0.810. The van der Waals surface area contributed by atoms with Crippen LogP contribution in [0.3, 0.4) is 0 Å². The fourth-order valence-electron chi connectivity index (χ4n) is 0.471. The second kappa shape index (κ2) is 7.41. The maximum Gasteiger partial charge on any atom is 0.0389 e. The van der Waals surface area contributed by atoms with E-state index >= 15 is 0 Å². The van der Waals surface area contributed by atoms with Crippen LogP contribution in [0.25, 0.3) is 0 Å². The van der Waals surface area contributed by atoms with E-state index in [9.17, 15) is 0 Å². The van der Waals surface area contributed by atoms with E-state index in [2.05, 4.69) is 11.9 Å². The van der Waals surface area contributed by atoms with Crippen LogP contribution in [0.4, 0.5) is 0 Å². The van der Waals surface area contributed by atoms with E-state index in [0.717, 1.165) is 6.54 Å². The van der Waals surface area contributed by atoms with E-state index in [0.29, 0.717) is 0 Å². The molecule has 0 atom stereocenters. The quantitative estimate of drug-likeness (QED) is 0.404. The van der Waals surface area contributed by atoms with Gasteiger partial charge < -0.3 is 0 Å². The summed E-state index contributed by atoms with van der Waals surface area (Å²) in [5, 5.41) is 0. The molecule has 0 amide bonds. The molecule has 9 heavy (non-hydrogen) atoms. The van der Waals surface area contributed by atoms with E-state index in [1.165, 1.54) is 12.8 Å². The molecule has 0 N–H and O–H groups in total. The standard InChI is InChI=1S/C8H15N/c1-3-5-7-9-8-6-4-2/h3,5,7H,4,6,8H2,1-2H3. The smallest absolute Gasteiger partial charge is 0.0389 e. The Morgan fingerprint density at radius 2 is 2.22 bits per heavy atom. The van der Waals surface area contributed by atoms with Crippen LogP contribution in [0.15, 0.2) is 17.1 Å². The summed E-state index contributed by atoms with van der Waals surface area (Å²) < 4.78 is 0. The van der Waals surface area contributed by atoms with Crippen LogP contribution < -0.4 is 0 Å².